The van der Waals surface area contributed by atoms with Gasteiger partial charge in [0.05, 0.1) is 35.9 Å². The van der Waals surface area contributed by atoms with E-state index in [9.17, 15) is 4.21 Å². The lowest BCUT2D eigenvalue weighted by Gasteiger charge is -2.41. The molecule has 194 valence electrons. The summed E-state index contributed by atoms with van der Waals surface area (Å²) >= 11 is 0. The third-order valence-electron chi connectivity index (χ3n) is 6.83. The summed E-state index contributed by atoms with van der Waals surface area (Å²) in [6.07, 6.45) is -1.09. The van der Waals surface area contributed by atoms with Gasteiger partial charge in [0.25, 0.3) is 0 Å². The summed E-state index contributed by atoms with van der Waals surface area (Å²) in [7, 11) is -3.36. The van der Waals surface area contributed by atoms with Crippen molar-refractivity contribution in [1.29, 1.82) is 0 Å². The van der Waals surface area contributed by atoms with Crippen LogP contribution in [0.1, 0.15) is 45.7 Å². The zero-order valence-electron chi connectivity index (χ0n) is 22.5. The van der Waals surface area contributed by atoms with Gasteiger partial charge in [0.1, 0.15) is 12.2 Å². The third kappa shape index (κ3) is 7.81. The molecule has 7 heteroatoms. The second-order valence-electron chi connectivity index (χ2n) is 11.4. The van der Waals surface area contributed by atoms with Crippen LogP contribution in [-0.2, 0) is 36.0 Å². The summed E-state index contributed by atoms with van der Waals surface area (Å²) in [5.74, 6) is -0.450. The Kier molecular flexibility index (Phi) is 9.16. The molecule has 2 aromatic rings. The minimum atomic E-state index is -2.14. The second kappa shape index (κ2) is 11.4. The molecular formula is C28H42O5SSi. The number of benzene rings is 2. The molecule has 3 rings (SSSR count). The van der Waals surface area contributed by atoms with Crippen LogP contribution in [-0.4, -0.2) is 49.0 Å². The molecule has 1 aliphatic rings. The molecule has 5 nitrogen and oxygen atoms in total. The third-order valence-corrected chi connectivity index (χ3v) is 12.8. The first kappa shape index (κ1) is 28.2. The first-order valence-electron chi connectivity index (χ1n) is 12.4. The molecule has 1 saturated heterocycles. The summed E-state index contributed by atoms with van der Waals surface area (Å²) in [4.78, 5) is 0.796. The zero-order chi connectivity index (χ0) is 25.9. The maximum absolute atomic E-state index is 13.2. The maximum atomic E-state index is 13.2. The van der Waals surface area contributed by atoms with Crippen LogP contribution in [0.5, 0.6) is 0 Å². The average molecular weight is 519 g/mol. The highest BCUT2D eigenvalue weighted by molar-refractivity contribution is 7.85. The van der Waals surface area contributed by atoms with E-state index < -0.39 is 24.9 Å². The van der Waals surface area contributed by atoms with Gasteiger partial charge < -0.3 is 18.6 Å². The van der Waals surface area contributed by atoms with E-state index in [0.29, 0.717) is 19.0 Å². The van der Waals surface area contributed by atoms with Gasteiger partial charge in [0, 0.05) is 4.90 Å². The van der Waals surface area contributed by atoms with Gasteiger partial charge in [-0.15, -0.1) is 0 Å². The normalized spacial score (nSPS) is 22.2. The van der Waals surface area contributed by atoms with E-state index in [1.54, 1.807) is 0 Å². The van der Waals surface area contributed by atoms with Crippen molar-refractivity contribution in [1.82, 2.24) is 0 Å². The maximum Gasteiger partial charge on any atom is 0.192 e. The molecule has 1 fully saturated rings. The summed E-state index contributed by atoms with van der Waals surface area (Å²) in [6.45, 7) is 17.8. The number of hydrogen-bond acceptors (Lipinski definition) is 5. The largest absolute Gasteiger partial charge is 0.409 e. The topological polar surface area (TPSA) is 54.0 Å². The smallest absolute Gasteiger partial charge is 0.192 e. The Morgan fingerprint density at radius 1 is 1.03 bits per heavy atom. The number of hydrogen-bond donors (Lipinski definition) is 0. The fourth-order valence-corrected chi connectivity index (χ4v) is 6.36. The minimum Gasteiger partial charge on any atom is -0.409 e. The van der Waals surface area contributed by atoms with E-state index in [0.717, 1.165) is 16.0 Å². The first-order chi connectivity index (χ1) is 16.3. The monoisotopic (exact) mass is 518 g/mol. The van der Waals surface area contributed by atoms with Gasteiger partial charge in [-0.2, -0.15) is 0 Å². The Hall–Kier alpha value is -1.35. The van der Waals surface area contributed by atoms with Gasteiger partial charge in [0.2, 0.25) is 0 Å². The van der Waals surface area contributed by atoms with Crippen LogP contribution in [0.3, 0.4) is 0 Å². The highest BCUT2D eigenvalue weighted by Crippen LogP contribution is 2.40. The Bertz CT molecular complexity index is 969. The van der Waals surface area contributed by atoms with Crippen molar-refractivity contribution >= 4 is 19.1 Å². The summed E-state index contributed by atoms with van der Waals surface area (Å²) in [6, 6.07) is 17.9. The summed E-state index contributed by atoms with van der Waals surface area (Å²) in [5, 5.41) is 0.0277. The van der Waals surface area contributed by atoms with E-state index in [4.69, 9.17) is 18.6 Å². The fraction of sp³-hybridized carbons (Fsp3) is 0.571. The molecule has 35 heavy (non-hydrogen) atoms. The van der Waals surface area contributed by atoms with E-state index in [1.807, 2.05) is 63.2 Å². The molecule has 0 radical (unpaired) electrons. The van der Waals surface area contributed by atoms with Crippen molar-refractivity contribution in [3.8, 4) is 0 Å². The Balaban J connectivity index is 1.81. The lowest BCUT2D eigenvalue weighted by molar-refractivity contribution is -0.157. The average Bonchev–Trinajstić information content (AvgIpc) is 3.07. The lowest BCUT2D eigenvalue weighted by Crippen LogP contribution is -2.51. The molecule has 0 spiro atoms. The number of aryl methyl sites for hydroxylation is 1. The Labute approximate surface area is 215 Å². The number of rotatable bonds is 10. The quantitative estimate of drug-likeness (QED) is 0.349. The van der Waals surface area contributed by atoms with Gasteiger partial charge in [-0.05, 0) is 56.6 Å². The molecule has 0 amide bonds. The van der Waals surface area contributed by atoms with Gasteiger partial charge in [0.15, 0.2) is 14.1 Å². The van der Waals surface area contributed by atoms with Gasteiger partial charge in [-0.25, -0.2) is 0 Å². The second-order valence-corrected chi connectivity index (χ2v) is 17.6. The molecule has 2 aromatic carbocycles. The SMILES string of the molecule is Cc1ccc(S(=O)C[C@@H]2OC(C)(C)O[C@H]2[C@H](COCc2ccccc2)O[Si](C)(C)C(C)(C)C)cc1. The predicted octanol–water partition coefficient (Wildman–Crippen LogP) is 6.23. The van der Waals surface area contributed by atoms with Crippen molar-refractivity contribution in [2.24, 2.45) is 0 Å². The Morgan fingerprint density at radius 2 is 1.66 bits per heavy atom. The van der Waals surface area contributed by atoms with Crippen LogP contribution in [0.2, 0.25) is 18.1 Å². The lowest BCUT2D eigenvalue weighted by atomic mass is 10.1. The van der Waals surface area contributed by atoms with Crippen molar-refractivity contribution in [3.05, 3.63) is 65.7 Å². The van der Waals surface area contributed by atoms with Gasteiger partial charge >= 0.3 is 0 Å². The first-order valence-corrected chi connectivity index (χ1v) is 16.6. The van der Waals surface area contributed by atoms with E-state index in [-0.39, 0.29) is 23.4 Å². The van der Waals surface area contributed by atoms with Crippen LogP contribution < -0.4 is 0 Å². The standard InChI is InChI=1S/C28H42O5SSi/c1-21-14-16-23(17-15-21)34(29)20-25-26(32-28(5,6)31-25)24(33-35(7,8)27(2,3)4)19-30-18-22-12-10-9-11-13-22/h9-17,24-26H,18-20H2,1-8H3/t24-,25-,26-,34?/m0/s1. The molecule has 1 unspecified atom stereocenters. The van der Waals surface area contributed by atoms with Crippen LogP contribution >= 0.6 is 0 Å². The van der Waals surface area contributed by atoms with E-state index in [1.165, 1.54) is 0 Å². The summed E-state index contributed by atoms with van der Waals surface area (Å²) in [5.41, 5.74) is 2.25. The van der Waals surface area contributed by atoms with Crippen molar-refractivity contribution in [3.63, 3.8) is 0 Å². The molecule has 0 aliphatic carbocycles. The van der Waals surface area contributed by atoms with Gasteiger partial charge in [-0.1, -0.05) is 68.8 Å². The van der Waals surface area contributed by atoms with Gasteiger partial charge in [-0.3, -0.25) is 4.21 Å². The molecule has 1 heterocycles. The van der Waals surface area contributed by atoms with Crippen LogP contribution in [0, 0.1) is 6.92 Å². The summed E-state index contributed by atoms with van der Waals surface area (Å²) < 4.78 is 39.0. The predicted molar refractivity (Wildman–Crippen MR) is 144 cm³/mol. The minimum absolute atomic E-state index is 0.0277. The molecular weight excluding hydrogens is 476 g/mol. The van der Waals surface area contributed by atoms with Crippen molar-refractivity contribution in [2.45, 2.75) is 95.3 Å². The van der Waals surface area contributed by atoms with E-state index in [2.05, 4.69) is 46.0 Å². The van der Waals surface area contributed by atoms with Crippen LogP contribution in [0.25, 0.3) is 0 Å². The van der Waals surface area contributed by atoms with Crippen LogP contribution in [0.15, 0.2) is 59.5 Å². The molecule has 4 atom stereocenters. The molecule has 0 N–H and O–H groups in total. The number of ether oxygens (including phenoxy) is 3. The van der Waals surface area contributed by atoms with Crippen molar-refractivity contribution < 1.29 is 22.8 Å². The highest BCUT2D eigenvalue weighted by atomic mass is 32.2. The zero-order valence-corrected chi connectivity index (χ0v) is 24.3. The molecule has 0 bridgehead atoms. The fourth-order valence-electron chi connectivity index (χ4n) is 3.86. The van der Waals surface area contributed by atoms with E-state index >= 15 is 0 Å². The molecule has 0 saturated carbocycles. The van der Waals surface area contributed by atoms with Crippen LogP contribution in [0.4, 0.5) is 0 Å². The Morgan fingerprint density at radius 3 is 2.26 bits per heavy atom. The molecule has 1 aliphatic heterocycles. The molecule has 0 aromatic heterocycles. The highest BCUT2D eigenvalue weighted by Gasteiger charge is 2.49. The van der Waals surface area contributed by atoms with Crippen molar-refractivity contribution in [2.75, 3.05) is 12.4 Å².